The van der Waals surface area contributed by atoms with Crippen LogP contribution in [0.5, 0.6) is 0 Å². The zero-order valence-corrected chi connectivity index (χ0v) is 10.6. The number of nitrogens with two attached hydrogens (primary N) is 1. The largest absolute Gasteiger partial charge is 0.350 e. The Labute approximate surface area is 106 Å². The average molecular weight is 246 g/mol. The van der Waals surface area contributed by atoms with Crippen LogP contribution < -0.4 is 10.6 Å². The summed E-state index contributed by atoms with van der Waals surface area (Å²) in [4.78, 5) is 6.83. The van der Waals surface area contributed by atoms with Gasteiger partial charge in [0.15, 0.2) is 5.82 Å². The van der Waals surface area contributed by atoms with Crippen LogP contribution in [0.3, 0.4) is 0 Å². The Balaban J connectivity index is 2.00. The number of hydrogen-bond acceptors (Lipinski definition) is 5. The summed E-state index contributed by atoms with van der Waals surface area (Å²) in [7, 11) is 0. The van der Waals surface area contributed by atoms with Crippen LogP contribution in [0, 0.1) is 6.92 Å². The van der Waals surface area contributed by atoms with Crippen LogP contribution >= 0.6 is 0 Å². The summed E-state index contributed by atoms with van der Waals surface area (Å²) in [5.41, 5.74) is 6.46. The van der Waals surface area contributed by atoms with E-state index in [-0.39, 0.29) is 0 Å². The molecule has 2 N–H and O–H groups in total. The van der Waals surface area contributed by atoms with Crippen LogP contribution in [-0.4, -0.2) is 38.7 Å². The first-order valence-electron chi connectivity index (χ1n) is 6.44. The number of hydrogen-bond donors (Lipinski definition) is 1. The Morgan fingerprint density at radius 3 is 3.00 bits per heavy atom. The lowest BCUT2D eigenvalue weighted by atomic mass is 10.3. The summed E-state index contributed by atoms with van der Waals surface area (Å²) in [6.45, 7) is 3.60. The minimum atomic E-state index is 0.604. The number of fused-ring (bicyclic) bond motifs is 1. The smallest absolute Gasteiger partial charge is 0.203 e. The molecule has 18 heavy (non-hydrogen) atoms. The molecule has 6 heteroatoms. The summed E-state index contributed by atoms with van der Waals surface area (Å²) < 4.78 is 1.99. The fraction of sp³-hybridized carbons (Fsp3) is 0.583. The van der Waals surface area contributed by atoms with Crippen LogP contribution in [0.4, 0.5) is 5.82 Å². The zero-order chi connectivity index (χ0) is 12.5. The van der Waals surface area contributed by atoms with Gasteiger partial charge in [0, 0.05) is 25.0 Å². The van der Waals surface area contributed by atoms with Gasteiger partial charge >= 0.3 is 0 Å². The molecule has 2 heterocycles. The van der Waals surface area contributed by atoms with Gasteiger partial charge in [-0.3, -0.25) is 4.40 Å². The topological polar surface area (TPSA) is 72.3 Å². The molecule has 0 aliphatic heterocycles. The molecule has 2 aromatic rings. The molecule has 1 aliphatic rings. The second-order valence-corrected chi connectivity index (χ2v) is 4.76. The molecular weight excluding hydrogens is 228 g/mol. The van der Waals surface area contributed by atoms with Crippen molar-refractivity contribution in [2.24, 2.45) is 5.73 Å². The molecule has 0 aromatic carbocycles. The lowest BCUT2D eigenvalue weighted by Gasteiger charge is -2.23. The van der Waals surface area contributed by atoms with E-state index >= 15 is 0 Å². The molecule has 0 unspecified atom stereocenters. The van der Waals surface area contributed by atoms with Crippen molar-refractivity contribution < 1.29 is 0 Å². The van der Waals surface area contributed by atoms with E-state index in [0.29, 0.717) is 12.6 Å². The van der Waals surface area contributed by atoms with Gasteiger partial charge < -0.3 is 10.6 Å². The molecule has 2 aromatic heterocycles. The van der Waals surface area contributed by atoms with Crippen LogP contribution in [0.2, 0.25) is 0 Å². The van der Waals surface area contributed by atoms with E-state index in [0.717, 1.165) is 30.3 Å². The third kappa shape index (κ3) is 1.92. The van der Waals surface area contributed by atoms with Crippen molar-refractivity contribution in [1.29, 1.82) is 0 Å². The highest BCUT2D eigenvalue weighted by atomic mass is 15.3. The molecule has 0 atom stereocenters. The Kier molecular flexibility index (Phi) is 2.87. The van der Waals surface area contributed by atoms with Gasteiger partial charge in [-0.05, 0) is 32.7 Å². The highest BCUT2D eigenvalue weighted by Crippen LogP contribution is 2.32. The normalized spacial score (nSPS) is 15.2. The summed E-state index contributed by atoms with van der Waals surface area (Å²) in [5, 5.41) is 8.36. The molecule has 1 saturated carbocycles. The lowest BCUT2D eigenvalue weighted by molar-refractivity contribution is 0.722. The van der Waals surface area contributed by atoms with Gasteiger partial charge in [0.2, 0.25) is 5.65 Å². The second kappa shape index (κ2) is 4.53. The fourth-order valence-electron chi connectivity index (χ4n) is 2.24. The Hall–Kier alpha value is -1.69. The maximum Gasteiger partial charge on any atom is 0.203 e. The van der Waals surface area contributed by atoms with E-state index in [4.69, 9.17) is 5.73 Å². The number of anilines is 1. The van der Waals surface area contributed by atoms with Gasteiger partial charge in [0.25, 0.3) is 0 Å². The summed E-state index contributed by atoms with van der Waals surface area (Å²) in [6.07, 6.45) is 7.17. The molecule has 1 fully saturated rings. The first-order chi connectivity index (χ1) is 8.81. The van der Waals surface area contributed by atoms with Gasteiger partial charge in [-0.25, -0.2) is 4.98 Å². The van der Waals surface area contributed by atoms with E-state index in [2.05, 4.69) is 20.1 Å². The van der Waals surface area contributed by atoms with Crippen LogP contribution in [0.15, 0.2) is 12.4 Å². The molecule has 96 valence electrons. The first kappa shape index (κ1) is 11.4. The molecule has 0 amide bonds. The highest BCUT2D eigenvalue weighted by molar-refractivity contribution is 5.64. The number of aromatic nitrogens is 4. The Bertz CT molecular complexity index is 544. The molecule has 3 rings (SSSR count). The predicted octanol–water partition coefficient (Wildman–Crippen LogP) is 0.750. The van der Waals surface area contributed by atoms with Gasteiger partial charge in [-0.1, -0.05) is 0 Å². The Morgan fingerprint density at radius 2 is 2.28 bits per heavy atom. The van der Waals surface area contributed by atoms with Crippen molar-refractivity contribution >= 4 is 11.5 Å². The predicted molar refractivity (Wildman–Crippen MR) is 69.6 cm³/mol. The van der Waals surface area contributed by atoms with Crippen LogP contribution in [0.25, 0.3) is 5.65 Å². The molecule has 6 nitrogen and oxygen atoms in total. The van der Waals surface area contributed by atoms with Crippen molar-refractivity contribution in [2.75, 3.05) is 18.0 Å². The molecule has 0 bridgehead atoms. The lowest BCUT2D eigenvalue weighted by Crippen LogP contribution is -2.29. The van der Waals surface area contributed by atoms with E-state index in [1.165, 1.54) is 12.8 Å². The highest BCUT2D eigenvalue weighted by Gasteiger charge is 2.31. The van der Waals surface area contributed by atoms with Crippen molar-refractivity contribution in [3.8, 4) is 0 Å². The Morgan fingerprint density at radius 1 is 1.44 bits per heavy atom. The van der Waals surface area contributed by atoms with Gasteiger partial charge in [0.05, 0.1) is 0 Å². The molecule has 0 radical (unpaired) electrons. The fourth-order valence-corrected chi connectivity index (χ4v) is 2.24. The minimum absolute atomic E-state index is 0.604. The summed E-state index contributed by atoms with van der Waals surface area (Å²) in [6, 6.07) is 0.604. The standard InChI is InChI=1S/C12H18N6/c1-9-15-16-12-11(14-6-8-17(9)12)18(7-2-5-13)10-3-4-10/h6,8,10H,2-5,7,13H2,1H3. The number of rotatable bonds is 5. The minimum Gasteiger partial charge on any atom is -0.350 e. The van der Waals surface area contributed by atoms with E-state index in [1.807, 2.05) is 23.7 Å². The average Bonchev–Trinajstić information content (AvgIpc) is 3.15. The molecule has 0 saturated heterocycles. The van der Waals surface area contributed by atoms with E-state index in [1.54, 1.807) is 0 Å². The quantitative estimate of drug-likeness (QED) is 0.843. The van der Waals surface area contributed by atoms with Crippen LogP contribution in [0.1, 0.15) is 25.1 Å². The van der Waals surface area contributed by atoms with Crippen molar-refractivity contribution in [2.45, 2.75) is 32.2 Å². The monoisotopic (exact) mass is 246 g/mol. The third-order valence-electron chi connectivity index (χ3n) is 3.34. The maximum atomic E-state index is 5.61. The van der Waals surface area contributed by atoms with Gasteiger partial charge in [-0.2, -0.15) is 0 Å². The number of nitrogens with zero attached hydrogens (tertiary/aromatic N) is 5. The molecular formula is C12H18N6. The third-order valence-corrected chi connectivity index (χ3v) is 3.34. The van der Waals surface area contributed by atoms with Crippen molar-refractivity contribution in [3.05, 3.63) is 18.2 Å². The summed E-state index contributed by atoms with van der Waals surface area (Å²) >= 11 is 0. The van der Waals surface area contributed by atoms with Crippen molar-refractivity contribution in [3.63, 3.8) is 0 Å². The number of aryl methyl sites for hydroxylation is 1. The second-order valence-electron chi connectivity index (χ2n) is 4.76. The van der Waals surface area contributed by atoms with Gasteiger partial charge in [-0.15, -0.1) is 10.2 Å². The van der Waals surface area contributed by atoms with Crippen LogP contribution in [-0.2, 0) is 0 Å². The van der Waals surface area contributed by atoms with E-state index < -0.39 is 0 Å². The van der Waals surface area contributed by atoms with Gasteiger partial charge in [0.1, 0.15) is 5.82 Å². The van der Waals surface area contributed by atoms with Crippen molar-refractivity contribution in [1.82, 2.24) is 19.6 Å². The first-order valence-corrected chi connectivity index (χ1v) is 6.44. The maximum absolute atomic E-state index is 5.61. The summed E-state index contributed by atoms with van der Waals surface area (Å²) in [5.74, 6) is 1.83. The SMILES string of the molecule is Cc1nnc2c(N(CCCN)C3CC3)nccn12. The van der Waals surface area contributed by atoms with E-state index in [9.17, 15) is 0 Å². The molecule has 1 aliphatic carbocycles. The molecule has 0 spiro atoms. The zero-order valence-electron chi connectivity index (χ0n) is 10.6.